The molecule has 0 aliphatic rings. The molecule has 24 heavy (non-hydrogen) atoms. The number of carbonyl (C=O) groups is 1. The van der Waals surface area contributed by atoms with Crippen molar-refractivity contribution in [2.24, 2.45) is 0 Å². The fraction of sp³-hybridized carbons (Fsp3) is 0.0625. The summed E-state index contributed by atoms with van der Waals surface area (Å²) in [6.45, 7) is 0. The fourth-order valence-corrected chi connectivity index (χ4v) is 2.81. The normalized spacial score (nSPS) is 10.2. The van der Waals surface area contributed by atoms with Crippen LogP contribution in [-0.2, 0) is 0 Å². The van der Waals surface area contributed by atoms with Gasteiger partial charge in [-0.25, -0.2) is 4.79 Å². The second-order valence-corrected chi connectivity index (χ2v) is 6.14. The lowest BCUT2D eigenvalue weighted by molar-refractivity contribution is 0.262. The number of methoxy groups -OCH3 is 1. The van der Waals surface area contributed by atoms with E-state index in [9.17, 15) is 4.79 Å². The summed E-state index contributed by atoms with van der Waals surface area (Å²) in [5.74, 6) is 0.661. The number of urea groups is 1. The first-order chi connectivity index (χ1) is 11.6. The van der Waals surface area contributed by atoms with Gasteiger partial charge in [-0.05, 0) is 24.3 Å². The monoisotopic (exact) mass is 360 g/mol. The molecule has 2 N–H and O–H groups in total. The van der Waals surface area contributed by atoms with Gasteiger partial charge in [-0.1, -0.05) is 41.1 Å². The van der Waals surface area contributed by atoms with Gasteiger partial charge < -0.3 is 10.1 Å². The molecule has 0 atom stereocenters. The molecule has 122 valence electrons. The number of halogens is 1. The van der Waals surface area contributed by atoms with Crippen LogP contribution in [0.3, 0.4) is 0 Å². The smallest absolute Gasteiger partial charge is 0.325 e. The standard InChI is InChI=1S/C16H13ClN4O2S/c1-23-13-4-2-3-12(9-13)18-15(22)19-16-21-20-14(24-16)10-5-7-11(17)8-6-10/h2-9H,1H3,(H2,18,19,21,22). The average molecular weight is 361 g/mol. The van der Waals surface area contributed by atoms with Crippen LogP contribution in [0.2, 0.25) is 5.02 Å². The summed E-state index contributed by atoms with van der Waals surface area (Å²) < 4.78 is 5.11. The first-order valence-electron chi connectivity index (χ1n) is 6.95. The van der Waals surface area contributed by atoms with Gasteiger partial charge in [-0.2, -0.15) is 0 Å². The third-order valence-electron chi connectivity index (χ3n) is 3.06. The average Bonchev–Trinajstić information content (AvgIpc) is 3.04. The summed E-state index contributed by atoms with van der Waals surface area (Å²) >= 11 is 7.14. The van der Waals surface area contributed by atoms with E-state index in [1.54, 1.807) is 43.5 Å². The molecule has 3 aromatic rings. The maximum atomic E-state index is 12.0. The van der Waals surface area contributed by atoms with Crippen LogP contribution in [0.1, 0.15) is 0 Å². The maximum absolute atomic E-state index is 12.0. The van der Waals surface area contributed by atoms with Crippen molar-refractivity contribution in [2.45, 2.75) is 0 Å². The molecule has 8 heteroatoms. The van der Waals surface area contributed by atoms with Crippen molar-refractivity contribution in [1.29, 1.82) is 0 Å². The van der Waals surface area contributed by atoms with Crippen LogP contribution in [0.25, 0.3) is 10.6 Å². The minimum absolute atomic E-state index is 0.401. The van der Waals surface area contributed by atoms with Gasteiger partial charge in [0.1, 0.15) is 10.8 Å². The topological polar surface area (TPSA) is 76.1 Å². The van der Waals surface area contributed by atoms with E-state index in [4.69, 9.17) is 16.3 Å². The van der Waals surface area contributed by atoms with Crippen LogP contribution in [0.4, 0.5) is 15.6 Å². The zero-order chi connectivity index (χ0) is 16.9. The molecule has 0 spiro atoms. The molecule has 0 saturated carbocycles. The molecular formula is C16H13ClN4O2S. The van der Waals surface area contributed by atoms with E-state index < -0.39 is 6.03 Å². The van der Waals surface area contributed by atoms with Gasteiger partial charge in [0.05, 0.1) is 7.11 Å². The van der Waals surface area contributed by atoms with Gasteiger partial charge >= 0.3 is 6.03 Å². The van der Waals surface area contributed by atoms with Crippen LogP contribution in [0.5, 0.6) is 5.75 Å². The van der Waals surface area contributed by atoms with Crippen molar-refractivity contribution in [3.63, 3.8) is 0 Å². The number of nitrogens with one attached hydrogen (secondary N) is 2. The molecule has 0 aliphatic carbocycles. The molecule has 2 amide bonds. The highest BCUT2D eigenvalue weighted by Crippen LogP contribution is 2.27. The quantitative estimate of drug-likeness (QED) is 0.717. The van der Waals surface area contributed by atoms with E-state index in [1.807, 2.05) is 12.1 Å². The minimum atomic E-state index is -0.401. The number of nitrogens with zero attached hydrogens (tertiary/aromatic N) is 2. The molecule has 2 aromatic carbocycles. The van der Waals surface area contributed by atoms with E-state index in [-0.39, 0.29) is 0 Å². The van der Waals surface area contributed by atoms with Crippen molar-refractivity contribution in [1.82, 2.24) is 10.2 Å². The molecule has 0 saturated heterocycles. The number of amides is 2. The molecule has 6 nitrogen and oxygen atoms in total. The molecule has 3 rings (SSSR count). The molecular weight excluding hydrogens is 348 g/mol. The van der Waals surface area contributed by atoms with E-state index >= 15 is 0 Å². The van der Waals surface area contributed by atoms with Gasteiger partial charge in [0.2, 0.25) is 5.13 Å². The number of hydrogen-bond acceptors (Lipinski definition) is 5. The third-order valence-corrected chi connectivity index (χ3v) is 4.20. The summed E-state index contributed by atoms with van der Waals surface area (Å²) in [7, 11) is 1.57. The second-order valence-electron chi connectivity index (χ2n) is 4.73. The molecule has 0 radical (unpaired) electrons. The fourth-order valence-electron chi connectivity index (χ4n) is 1.94. The zero-order valence-electron chi connectivity index (χ0n) is 12.6. The Morgan fingerprint density at radius 1 is 1.12 bits per heavy atom. The van der Waals surface area contributed by atoms with Crippen LogP contribution in [-0.4, -0.2) is 23.3 Å². The predicted molar refractivity (Wildman–Crippen MR) is 96.0 cm³/mol. The number of hydrogen-bond donors (Lipinski definition) is 2. The summed E-state index contributed by atoms with van der Waals surface area (Å²) in [6, 6.07) is 13.9. The molecule has 0 aliphatic heterocycles. The van der Waals surface area contributed by atoms with Gasteiger partial charge in [0.25, 0.3) is 0 Å². The minimum Gasteiger partial charge on any atom is -0.497 e. The predicted octanol–water partition coefficient (Wildman–Crippen LogP) is 4.51. The van der Waals surface area contributed by atoms with E-state index in [1.165, 1.54) is 11.3 Å². The zero-order valence-corrected chi connectivity index (χ0v) is 14.2. The van der Waals surface area contributed by atoms with E-state index in [0.717, 1.165) is 5.56 Å². The Morgan fingerprint density at radius 3 is 2.67 bits per heavy atom. The van der Waals surface area contributed by atoms with Crippen molar-refractivity contribution in [3.8, 4) is 16.3 Å². The molecule has 0 unspecified atom stereocenters. The SMILES string of the molecule is COc1cccc(NC(=O)Nc2nnc(-c3ccc(Cl)cc3)s2)c1. The Labute approximate surface area is 147 Å². The van der Waals surface area contributed by atoms with Crippen LogP contribution in [0.15, 0.2) is 48.5 Å². The Kier molecular flexibility index (Phi) is 4.93. The first-order valence-corrected chi connectivity index (χ1v) is 8.15. The summed E-state index contributed by atoms with van der Waals surface area (Å²) in [5.41, 5.74) is 1.51. The molecule has 0 fully saturated rings. The highest BCUT2D eigenvalue weighted by molar-refractivity contribution is 7.18. The second kappa shape index (κ2) is 7.29. The van der Waals surface area contributed by atoms with Crippen molar-refractivity contribution in [2.75, 3.05) is 17.7 Å². The van der Waals surface area contributed by atoms with Crippen LogP contribution in [0, 0.1) is 0 Å². The number of anilines is 2. The van der Waals surface area contributed by atoms with E-state index in [2.05, 4.69) is 20.8 Å². The number of aromatic nitrogens is 2. The number of benzene rings is 2. The summed E-state index contributed by atoms with van der Waals surface area (Å²) in [5, 5.41) is 15.2. The number of rotatable bonds is 4. The Balaban J connectivity index is 1.65. The lowest BCUT2D eigenvalue weighted by Crippen LogP contribution is -2.19. The lowest BCUT2D eigenvalue weighted by Gasteiger charge is -2.06. The van der Waals surface area contributed by atoms with Gasteiger partial charge in [0.15, 0.2) is 0 Å². The third kappa shape index (κ3) is 4.01. The van der Waals surface area contributed by atoms with Gasteiger partial charge in [-0.3, -0.25) is 5.32 Å². The maximum Gasteiger partial charge on any atom is 0.325 e. The molecule has 1 aromatic heterocycles. The number of carbonyl (C=O) groups excluding carboxylic acids is 1. The van der Waals surface area contributed by atoms with Gasteiger partial charge in [0, 0.05) is 22.3 Å². The summed E-state index contributed by atoms with van der Waals surface area (Å²) in [6.07, 6.45) is 0. The summed E-state index contributed by atoms with van der Waals surface area (Å²) in [4.78, 5) is 12.0. The number of ether oxygens (including phenoxy) is 1. The Hall–Kier alpha value is -2.64. The molecule has 0 bridgehead atoms. The van der Waals surface area contributed by atoms with Gasteiger partial charge in [-0.15, -0.1) is 10.2 Å². The first kappa shape index (κ1) is 16.2. The van der Waals surface area contributed by atoms with Crippen molar-refractivity contribution >= 4 is 39.8 Å². The van der Waals surface area contributed by atoms with Crippen LogP contribution >= 0.6 is 22.9 Å². The Morgan fingerprint density at radius 2 is 1.92 bits per heavy atom. The molecule has 1 heterocycles. The van der Waals surface area contributed by atoms with Crippen molar-refractivity contribution < 1.29 is 9.53 Å². The van der Waals surface area contributed by atoms with E-state index in [0.29, 0.717) is 26.6 Å². The lowest BCUT2D eigenvalue weighted by atomic mass is 10.2. The van der Waals surface area contributed by atoms with Crippen LogP contribution < -0.4 is 15.4 Å². The highest BCUT2D eigenvalue weighted by Gasteiger charge is 2.10. The largest absolute Gasteiger partial charge is 0.497 e. The van der Waals surface area contributed by atoms with Crippen molar-refractivity contribution in [3.05, 3.63) is 53.6 Å². The highest BCUT2D eigenvalue weighted by atomic mass is 35.5. The Bertz CT molecular complexity index is 851.